The highest BCUT2D eigenvalue weighted by atomic mass is 19.2. The van der Waals surface area contributed by atoms with Gasteiger partial charge in [0, 0.05) is 17.9 Å². The van der Waals surface area contributed by atoms with Gasteiger partial charge < -0.3 is 16.4 Å². The number of urea groups is 1. The Morgan fingerprint density at radius 1 is 1.05 bits per heavy atom. The second-order valence-electron chi connectivity index (χ2n) is 4.18. The van der Waals surface area contributed by atoms with Crippen LogP contribution in [0, 0.1) is 11.6 Å². The number of carbonyl (C=O) groups is 1. The summed E-state index contributed by atoms with van der Waals surface area (Å²) < 4.78 is 25.7. The number of benzene rings is 2. The molecule has 4 nitrogen and oxygen atoms in total. The van der Waals surface area contributed by atoms with Crippen LogP contribution in [0.4, 0.5) is 25.0 Å². The molecule has 0 atom stereocenters. The highest BCUT2D eigenvalue weighted by Crippen LogP contribution is 2.11. The number of nitrogen functional groups attached to an aromatic ring is 1. The van der Waals surface area contributed by atoms with Crippen LogP contribution in [0.2, 0.25) is 0 Å². The van der Waals surface area contributed by atoms with Crippen LogP contribution >= 0.6 is 0 Å². The molecule has 2 rings (SSSR count). The molecule has 4 N–H and O–H groups in total. The molecule has 0 aliphatic heterocycles. The van der Waals surface area contributed by atoms with E-state index in [4.69, 9.17) is 5.73 Å². The maximum atomic E-state index is 13.0. The van der Waals surface area contributed by atoms with Gasteiger partial charge in [-0.05, 0) is 42.0 Å². The summed E-state index contributed by atoms with van der Waals surface area (Å²) in [6.07, 6.45) is 0. The lowest BCUT2D eigenvalue weighted by Gasteiger charge is -2.08. The van der Waals surface area contributed by atoms with Crippen LogP contribution in [0.5, 0.6) is 0 Å². The summed E-state index contributed by atoms with van der Waals surface area (Å²) in [7, 11) is 0. The molecular weight excluding hydrogens is 264 g/mol. The van der Waals surface area contributed by atoms with Crippen LogP contribution in [0.3, 0.4) is 0 Å². The molecule has 2 aromatic carbocycles. The van der Waals surface area contributed by atoms with Crippen LogP contribution in [0.25, 0.3) is 0 Å². The molecule has 0 heterocycles. The molecule has 0 spiro atoms. The van der Waals surface area contributed by atoms with Gasteiger partial charge in [-0.25, -0.2) is 13.6 Å². The van der Waals surface area contributed by atoms with Crippen LogP contribution in [0.1, 0.15) is 5.56 Å². The third-order valence-electron chi connectivity index (χ3n) is 2.61. The van der Waals surface area contributed by atoms with E-state index in [1.807, 2.05) is 0 Å². The molecule has 20 heavy (non-hydrogen) atoms. The standard InChI is InChI=1S/C14H13F2N3O/c15-12-6-1-9(7-13(12)16)8-18-14(20)19-11-4-2-10(17)3-5-11/h1-7H,8,17H2,(H2,18,19,20). The summed E-state index contributed by atoms with van der Waals surface area (Å²) in [5, 5.41) is 5.13. The van der Waals surface area contributed by atoms with Crippen LogP contribution in [0.15, 0.2) is 42.5 Å². The SMILES string of the molecule is Nc1ccc(NC(=O)NCc2ccc(F)c(F)c2)cc1. The maximum Gasteiger partial charge on any atom is 0.319 e. The van der Waals surface area contributed by atoms with Crippen molar-refractivity contribution in [3.05, 3.63) is 59.7 Å². The second kappa shape index (κ2) is 6.01. The fourth-order valence-corrected chi connectivity index (χ4v) is 1.57. The van der Waals surface area contributed by atoms with Crippen molar-refractivity contribution >= 4 is 17.4 Å². The molecule has 0 radical (unpaired) electrons. The zero-order valence-corrected chi connectivity index (χ0v) is 10.5. The van der Waals surface area contributed by atoms with E-state index in [9.17, 15) is 13.6 Å². The van der Waals surface area contributed by atoms with Crippen molar-refractivity contribution in [2.75, 3.05) is 11.1 Å². The van der Waals surface area contributed by atoms with Crippen molar-refractivity contribution in [1.29, 1.82) is 0 Å². The highest BCUT2D eigenvalue weighted by Gasteiger charge is 2.05. The molecule has 2 amide bonds. The van der Waals surface area contributed by atoms with Crippen LogP contribution in [-0.2, 0) is 6.54 Å². The van der Waals surface area contributed by atoms with E-state index in [0.717, 1.165) is 12.1 Å². The van der Waals surface area contributed by atoms with E-state index in [0.29, 0.717) is 16.9 Å². The molecule has 0 aromatic heterocycles. The minimum Gasteiger partial charge on any atom is -0.399 e. The zero-order valence-electron chi connectivity index (χ0n) is 10.5. The Morgan fingerprint density at radius 2 is 1.75 bits per heavy atom. The fourth-order valence-electron chi connectivity index (χ4n) is 1.57. The predicted octanol–water partition coefficient (Wildman–Crippen LogP) is 2.87. The Labute approximate surface area is 114 Å². The quantitative estimate of drug-likeness (QED) is 0.755. The number of nitrogens with one attached hydrogen (secondary N) is 2. The van der Waals surface area contributed by atoms with Crippen molar-refractivity contribution in [1.82, 2.24) is 5.32 Å². The van der Waals surface area contributed by atoms with E-state index in [-0.39, 0.29) is 6.54 Å². The Kier molecular flexibility index (Phi) is 4.14. The Balaban J connectivity index is 1.88. The topological polar surface area (TPSA) is 67.1 Å². The van der Waals surface area contributed by atoms with E-state index >= 15 is 0 Å². The normalized spacial score (nSPS) is 10.1. The summed E-state index contributed by atoms with van der Waals surface area (Å²) in [6, 6.07) is 9.65. The van der Waals surface area contributed by atoms with Gasteiger partial charge in [0.2, 0.25) is 0 Å². The van der Waals surface area contributed by atoms with Gasteiger partial charge in [-0.3, -0.25) is 0 Å². The fraction of sp³-hybridized carbons (Fsp3) is 0.0714. The van der Waals surface area contributed by atoms with Gasteiger partial charge in [0.15, 0.2) is 11.6 Å². The van der Waals surface area contributed by atoms with Gasteiger partial charge >= 0.3 is 6.03 Å². The van der Waals surface area contributed by atoms with Crippen LogP contribution < -0.4 is 16.4 Å². The number of anilines is 2. The van der Waals surface area contributed by atoms with Crippen molar-refractivity contribution in [3.8, 4) is 0 Å². The first kappa shape index (κ1) is 13.8. The molecular formula is C14H13F2N3O. The predicted molar refractivity (Wildman–Crippen MR) is 73.1 cm³/mol. The molecule has 0 fully saturated rings. The number of halogens is 2. The first-order valence-corrected chi connectivity index (χ1v) is 5.89. The first-order valence-electron chi connectivity index (χ1n) is 5.89. The zero-order chi connectivity index (χ0) is 14.5. The molecule has 0 aliphatic rings. The van der Waals surface area contributed by atoms with Crippen molar-refractivity contribution < 1.29 is 13.6 Å². The number of hydrogen-bond donors (Lipinski definition) is 3. The molecule has 0 aliphatic carbocycles. The molecule has 6 heteroatoms. The molecule has 0 saturated carbocycles. The monoisotopic (exact) mass is 277 g/mol. The number of rotatable bonds is 3. The maximum absolute atomic E-state index is 13.0. The summed E-state index contributed by atoms with van der Waals surface area (Å²) >= 11 is 0. The Hall–Kier alpha value is -2.63. The smallest absolute Gasteiger partial charge is 0.319 e. The molecule has 2 aromatic rings. The average Bonchev–Trinajstić information content (AvgIpc) is 2.43. The molecule has 0 saturated heterocycles. The summed E-state index contributed by atoms with van der Waals surface area (Å²) in [5.74, 6) is -1.86. The first-order chi connectivity index (χ1) is 9.54. The highest BCUT2D eigenvalue weighted by molar-refractivity contribution is 5.89. The van der Waals surface area contributed by atoms with Gasteiger partial charge in [0.05, 0.1) is 0 Å². The lowest BCUT2D eigenvalue weighted by molar-refractivity contribution is 0.251. The van der Waals surface area contributed by atoms with E-state index in [1.165, 1.54) is 6.07 Å². The van der Waals surface area contributed by atoms with Gasteiger partial charge in [-0.1, -0.05) is 6.07 Å². The largest absolute Gasteiger partial charge is 0.399 e. The number of amides is 2. The number of nitrogens with two attached hydrogens (primary N) is 1. The number of hydrogen-bond acceptors (Lipinski definition) is 2. The molecule has 0 unspecified atom stereocenters. The lowest BCUT2D eigenvalue weighted by Crippen LogP contribution is -2.28. The minimum atomic E-state index is -0.941. The van der Waals surface area contributed by atoms with Gasteiger partial charge in [-0.15, -0.1) is 0 Å². The third kappa shape index (κ3) is 3.68. The molecule has 104 valence electrons. The number of carbonyl (C=O) groups excluding carboxylic acids is 1. The average molecular weight is 277 g/mol. The van der Waals surface area contributed by atoms with E-state index in [2.05, 4.69) is 10.6 Å². The van der Waals surface area contributed by atoms with Gasteiger partial charge in [-0.2, -0.15) is 0 Å². The van der Waals surface area contributed by atoms with Gasteiger partial charge in [0.1, 0.15) is 0 Å². The van der Waals surface area contributed by atoms with Crippen molar-refractivity contribution in [2.24, 2.45) is 0 Å². The van der Waals surface area contributed by atoms with Crippen molar-refractivity contribution in [3.63, 3.8) is 0 Å². The van der Waals surface area contributed by atoms with E-state index in [1.54, 1.807) is 24.3 Å². The van der Waals surface area contributed by atoms with Crippen molar-refractivity contribution in [2.45, 2.75) is 6.54 Å². The summed E-state index contributed by atoms with van der Waals surface area (Å²) in [4.78, 5) is 11.6. The van der Waals surface area contributed by atoms with E-state index < -0.39 is 17.7 Å². The van der Waals surface area contributed by atoms with Crippen LogP contribution in [-0.4, -0.2) is 6.03 Å². The Bertz CT molecular complexity index is 614. The summed E-state index contributed by atoms with van der Waals surface area (Å²) in [6.45, 7) is 0.0952. The third-order valence-corrected chi connectivity index (χ3v) is 2.61. The Morgan fingerprint density at radius 3 is 2.40 bits per heavy atom. The summed E-state index contributed by atoms with van der Waals surface area (Å²) in [5.41, 5.74) is 7.17. The minimum absolute atomic E-state index is 0.0952. The van der Waals surface area contributed by atoms with Gasteiger partial charge in [0.25, 0.3) is 0 Å². The lowest BCUT2D eigenvalue weighted by atomic mass is 10.2. The second-order valence-corrected chi connectivity index (χ2v) is 4.18. The molecule has 0 bridgehead atoms.